The zero-order chi connectivity index (χ0) is 20.7. The Labute approximate surface area is 178 Å². The average molecular weight is 407 g/mol. The molecule has 158 valence electrons. The van der Waals surface area contributed by atoms with Gasteiger partial charge in [-0.15, -0.1) is 0 Å². The third-order valence-electron chi connectivity index (χ3n) is 7.56. The number of carbonyl (C=O) groups is 1. The van der Waals surface area contributed by atoms with Crippen LogP contribution < -0.4 is 0 Å². The average Bonchev–Trinajstić information content (AvgIpc) is 2.73. The number of hydrogen-bond acceptors (Lipinski definition) is 2. The quantitative estimate of drug-likeness (QED) is 0.742. The Kier molecular flexibility index (Phi) is 5.36. The molecule has 2 aromatic rings. The van der Waals surface area contributed by atoms with Gasteiger partial charge in [-0.2, -0.15) is 0 Å². The maximum absolute atomic E-state index is 13.8. The number of carbonyl (C=O) groups excluding carboxylic acids is 1. The number of rotatable bonds is 4. The predicted molar refractivity (Wildman–Crippen MR) is 116 cm³/mol. The molecule has 0 radical (unpaired) electrons. The van der Waals surface area contributed by atoms with Gasteiger partial charge >= 0.3 is 0 Å². The van der Waals surface area contributed by atoms with Crippen molar-refractivity contribution in [1.82, 2.24) is 9.80 Å². The predicted octanol–water partition coefficient (Wildman–Crippen LogP) is 4.58. The highest BCUT2D eigenvalue weighted by atomic mass is 19.1. The molecular formula is C26H31FN2O. The van der Waals surface area contributed by atoms with Gasteiger partial charge < -0.3 is 4.90 Å². The second kappa shape index (κ2) is 8.14. The third kappa shape index (κ3) is 3.78. The number of halogens is 1. The Hall–Kier alpha value is -2.20. The molecule has 3 aliphatic rings. The van der Waals surface area contributed by atoms with Gasteiger partial charge in [0, 0.05) is 38.1 Å². The lowest BCUT2D eigenvalue weighted by Crippen LogP contribution is -2.65. The highest BCUT2D eigenvalue weighted by Crippen LogP contribution is 2.43. The van der Waals surface area contributed by atoms with E-state index >= 15 is 0 Å². The first-order valence-electron chi connectivity index (χ1n) is 11.4. The van der Waals surface area contributed by atoms with E-state index in [1.54, 1.807) is 12.1 Å². The van der Waals surface area contributed by atoms with Gasteiger partial charge in [0.25, 0.3) is 0 Å². The van der Waals surface area contributed by atoms with Crippen molar-refractivity contribution in [1.29, 1.82) is 0 Å². The first-order chi connectivity index (χ1) is 14.6. The van der Waals surface area contributed by atoms with Crippen molar-refractivity contribution in [2.45, 2.75) is 57.7 Å². The molecule has 2 aromatic carbocycles. The minimum atomic E-state index is -0.187. The van der Waals surface area contributed by atoms with Gasteiger partial charge in [-0.25, -0.2) is 4.39 Å². The van der Waals surface area contributed by atoms with Gasteiger partial charge in [-0.05, 0) is 73.3 Å². The fraction of sp³-hybridized carbons (Fsp3) is 0.500. The van der Waals surface area contributed by atoms with Crippen molar-refractivity contribution in [3.63, 3.8) is 0 Å². The van der Waals surface area contributed by atoms with Crippen molar-refractivity contribution < 1.29 is 9.18 Å². The summed E-state index contributed by atoms with van der Waals surface area (Å²) < 4.78 is 13.8. The molecule has 4 atom stereocenters. The van der Waals surface area contributed by atoms with Crippen LogP contribution in [0.3, 0.4) is 0 Å². The number of nitrogens with zero attached hydrogens (tertiary/aromatic N) is 2. The highest BCUT2D eigenvalue weighted by Gasteiger charge is 2.49. The number of benzene rings is 2. The van der Waals surface area contributed by atoms with Crippen LogP contribution in [-0.2, 0) is 17.8 Å². The van der Waals surface area contributed by atoms with E-state index in [4.69, 9.17) is 0 Å². The van der Waals surface area contributed by atoms with Crippen molar-refractivity contribution in [3.05, 3.63) is 71.0 Å². The van der Waals surface area contributed by atoms with Crippen LogP contribution in [0.5, 0.6) is 0 Å². The molecule has 0 N–H and O–H groups in total. The Morgan fingerprint density at radius 3 is 2.73 bits per heavy atom. The molecule has 1 amide bonds. The minimum Gasteiger partial charge on any atom is -0.336 e. The van der Waals surface area contributed by atoms with Gasteiger partial charge in [0.15, 0.2) is 0 Å². The first kappa shape index (κ1) is 19.7. The summed E-state index contributed by atoms with van der Waals surface area (Å²) >= 11 is 0. The standard InChI is InChI=1S/C26H31FN2O/c1-18-6-2-3-8-20(18)15-28-16-21-14-22(17-28)25(13-19-7-4-9-23(27)12-19)29-24(21)10-5-11-26(29)30/h2-4,6-9,12,21-22,24-25H,5,10-11,13-17H2,1H3/t21-,22+,24+,25+/m1/s1. The zero-order valence-corrected chi connectivity index (χ0v) is 17.8. The lowest BCUT2D eigenvalue weighted by atomic mass is 9.70. The van der Waals surface area contributed by atoms with Crippen LogP contribution >= 0.6 is 0 Å². The van der Waals surface area contributed by atoms with E-state index in [0.29, 0.717) is 30.2 Å². The molecule has 3 heterocycles. The van der Waals surface area contributed by atoms with E-state index < -0.39 is 0 Å². The Balaban J connectivity index is 1.42. The molecule has 0 spiro atoms. The summed E-state index contributed by atoms with van der Waals surface area (Å²) in [6.07, 6.45) is 4.74. The summed E-state index contributed by atoms with van der Waals surface area (Å²) in [5.41, 5.74) is 3.75. The molecule has 3 aliphatic heterocycles. The monoisotopic (exact) mass is 406 g/mol. The van der Waals surface area contributed by atoms with E-state index in [0.717, 1.165) is 44.5 Å². The second-order valence-corrected chi connectivity index (χ2v) is 9.54. The van der Waals surface area contributed by atoms with Crippen LogP contribution in [-0.4, -0.2) is 40.9 Å². The van der Waals surface area contributed by atoms with Gasteiger partial charge in [0.2, 0.25) is 5.91 Å². The summed E-state index contributed by atoms with van der Waals surface area (Å²) in [4.78, 5) is 17.8. The molecule has 3 saturated heterocycles. The maximum atomic E-state index is 13.8. The van der Waals surface area contributed by atoms with Gasteiger partial charge in [-0.1, -0.05) is 36.4 Å². The number of likely N-dealkylation sites (tertiary alicyclic amines) is 1. The largest absolute Gasteiger partial charge is 0.336 e. The van der Waals surface area contributed by atoms with Crippen molar-refractivity contribution in [2.75, 3.05) is 13.1 Å². The lowest BCUT2D eigenvalue weighted by Gasteiger charge is -2.57. The van der Waals surface area contributed by atoms with E-state index in [1.807, 2.05) is 6.07 Å². The number of aryl methyl sites for hydroxylation is 1. The third-order valence-corrected chi connectivity index (χ3v) is 7.56. The maximum Gasteiger partial charge on any atom is 0.223 e. The molecule has 0 aliphatic carbocycles. The smallest absolute Gasteiger partial charge is 0.223 e. The molecule has 4 heteroatoms. The summed E-state index contributed by atoms with van der Waals surface area (Å²) in [5, 5.41) is 0. The normalized spacial score (nSPS) is 29.0. The lowest BCUT2D eigenvalue weighted by molar-refractivity contribution is -0.152. The summed E-state index contributed by atoms with van der Waals surface area (Å²) in [6, 6.07) is 16.1. The van der Waals surface area contributed by atoms with Crippen LogP contribution in [0.1, 0.15) is 42.4 Å². The molecule has 0 unspecified atom stereocenters. The molecule has 3 nitrogen and oxygen atoms in total. The van der Waals surface area contributed by atoms with Crippen molar-refractivity contribution in [2.24, 2.45) is 11.8 Å². The van der Waals surface area contributed by atoms with Gasteiger partial charge in [0.1, 0.15) is 5.82 Å². The number of hydrogen-bond donors (Lipinski definition) is 0. The molecule has 0 saturated carbocycles. The molecule has 5 rings (SSSR count). The Morgan fingerprint density at radius 1 is 1.07 bits per heavy atom. The fourth-order valence-electron chi connectivity index (χ4n) is 6.20. The first-order valence-corrected chi connectivity index (χ1v) is 11.4. The van der Waals surface area contributed by atoms with Crippen LogP contribution in [0, 0.1) is 24.6 Å². The second-order valence-electron chi connectivity index (χ2n) is 9.54. The van der Waals surface area contributed by atoms with Crippen LogP contribution in [0.2, 0.25) is 0 Å². The molecule has 0 aromatic heterocycles. The van der Waals surface area contributed by atoms with E-state index in [2.05, 4.69) is 41.0 Å². The molecular weight excluding hydrogens is 375 g/mol. The zero-order valence-electron chi connectivity index (χ0n) is 17.8. The van der Waals surface area contributed by atoms with Gasteiger partial charge in [0.05, 0.1) is 0 Å². The minimum absolute atomic E-state index is 0.181. The van der Waals surface area contributed by atoms with Gasteiger partial charge in [-0.3, -0.25) is 9.69 Å². The van der Waals surface area contributed by atoms with E-state index in [1.165, 1.54) is 23.6 Å². The summed E-state index contributed by atoms with van der Waals surface area (Å²) in [6.45, 7) is 5.26. The highest BCUT2D eigenvalue weighted by molar-refractivity contribution is 5.78. The topological polar surface area (TPSA) is 23.6 Å². The number of fused-ring (bicyclic) bond motifs is 4. The van der Waals surface area contributed by atoms with Crippen LogP contribution in [0.15, 0.2) is 48.5 Å². The van der Waals surface area contributed by atoms with E-state index in [-0.39, 0.29) is 11.9 Å². The molecule has 30 heavy (non-hydrogen) atoms. The fourth-order valence-corrected chi connectivity index (χ4v) is 6.20. The number of piperidine rings is 3. The number of amides is 1. The van der Waals surface area contributed by atoms with Crippen molar-refractivity contribution >= 4 is 5.91 Å². The summed E-state index contributed by atoms with van der Waals surface area (Å²) in [5.74, 6) is 1.14. The van der Waals surface area contributed by atoms with Crippen molar-refractivity contribution in [3.8, 4) is 0 Å². The van der Waals surface area contributed by atoms with Crippen LogP contribution in [0.25, 0.3) is 0 Å². The molecule has 3 fully saturated rings. The summed E-state index contributed by atoms with van der Waals surface area (Å²) in [7, 11) is 0. The SMILES string of the molecule is Cc1ccccc1CN1C[C@H]2C[C@@H](C1)[C@H](Cc1cccc(F)c1)N1C(=O)CCC[C@@H]21. The van der Waals surface area contributed by atoms with E-state index in [9.17, 15) is 9.18 Å². The molecule has 2 bridgehead atoms. The Bertz CT molecular complexity index is 929. The van der Waals surface area contributed by atoms with Crippen LogP contribution in [0.4, 0.5) is 4.39 Å². The Morgan fingerprint density at radius 2 is 1.90 bits per heavy atom.